The molecule has 2 N–H and O–H groups in total. The normalized spacial score (nSPS) is 29.9. The maximum Gasteiger partial charge on any atom is 0.169 e. The summed E-state index contributed by atoms with van der Waals surface area (Å²) < 4.78 is 11.3. The van der Waals surface area contributed by atoms with E-state index in [0.29, 0.717) is 12.0 Å². The van der Waals surface area contributed by atoms with E-state index in [1.54, 1.807) is 6.92 Å². The number of terminal acetylenes is 1. The zero-order chi connectivity index (χ0) is 16.8. The third-order valence-electron chi connectivity index (χ3n) is 3.77. The SMILES string of the molecule is C#C/C=C(C=O)\C(CC)=C(/C)CO[C@@]1(C)C[C@H](O)[C@@H](CO)O1. The van der Waals surface area contributed by atoms with Crippen LogP contribution in [0, 0.1) is 12.3 Å². The first kappa shape index (κ1) is 18.6. The highest BCUT2D eigenvalue weighted by Crippen LogP contribution is 2.32. The summed E-state index contributed by atoms with van der Waals surface area (Å²) in [6.07, 6.45) is 6.96. The Hall–Kier alpha value is -1.45. The van der Waals surface area contributed by atoms with E-state index < -0.39 is 18.0 Å². The molecule has 0 amide bonds. The van der Waals surface area contributed by atoms with Gasteiger partial charge >= 0.3 is 0 Å². The quantitative estimate of drug-likeness (QED) is 0.321. The van der Waals surface area contributed by atoms with E-state index in [1.165, 1.54) is 6.08 Å². The standard InChI is InChI=1S/C17H24O5/c1-5-7-13(9-18)14(6-2)12(3)11-21-17(4)8-15(20)16(10-19)22-17/h1,7,9,15-16,19-20H,6,8,10-11H2,2-4H3/b13-7-,14-12+/t15-,16+,17+/m0/s1. The van der Waals surface area contributed by atoms with Crippen molar-refractivity contribution < 1.29 is 24.5 Å². The number of ether oxygens (including phenoxy) is 2. The van der Waals surface area contributed by atoms with E-state index in [1.807, 2.05) is 13.8 Å². The molecule has 1 aliphatic heterocycles. The molecule has 0 radical (unpaired) electrons. The molecule has 1 saturated heterocycles. The Morgan fingerprint density at radius 1 is 1.59 bits per heavy atom. The molecule has 0 aromatic heterocycles. The summed E-state index contributed by atoms with van der Waals surface area (Å²) in [5, 5.41) is 18.9. The van der Waals surface area contributed by atoms with Gasteiger partial charge in [0.15, 0.2) is 12.1 Å². The summed E-state index contributed by atoms with van der Waals surface area (Å²) in [5.41, 5.74) is 2.19. The molecule has 1 heterocycles. The Bertz CT molecular complexity index is 500. The van der Waals surface area contributed by atoms with E-state index >= 15 is 0 Å². The van der Waals surface area contributed by atoms with Gasteiger partial charge in [-0.1, -0.05) is 12.8 Å². The van der Waals surface area contributed by atoms with Gasteiger partial charge in [0.05, 0.1) is 19.3 Å². The number of allylic oxidation sites excluding steroid dienone is 3. The fraction of sp³-hybridized carbons (Fsp3) is 0.588. The fourth-order valence-electron chi connectivity index (χ4n) is 2.59. The average molecular weight is 308 g/mol. The maximum atomic E-state index is 11.1. The highest BCUT2D eigenvalue weighted by Gasteiger charge is 2.43. The summed E-state index contributed by atoms with van der Waals surface area (Å²) in [5.74, 6) is 1.40. The Kier molecular flexibility index (Phi) is 6.98. The number of carbonyl (C=O) groups excluding carboxylic acids is 1. The molecule has 1 rings (SSSR count). The summed E-state index contributed by atoms with van der Waals surface area (Å²) in [6, 6.07) is 0. The summed E-state index contributed by atoms with van der Waals surface area (Å²) in [7, 11) is 0. The Morgan fingerprint density at radius 3 is 2.73 bits per heavy atom. The fourth-order valence-corrected chi connectivity index (χ4v) is 2.59. The van der Waals surface area contributed by atoms with Crippen LogP contribution in [0.1, 0.15) is 33.6 Å². The van der Waals surface area contributed by atoms with Gasteiger partial charge in [0.2, 0.25) is 0 Å². The molecule has 0 bridgehead atoms. The van der Waals surface area contributed by atoms with Crippen LogP contribution in [0.25, 0.3) is 0 Å². The lowest BCUT2D eigenvalue weighted by Gasteiger charge is -2.25. The molecule has 3 atom stereocenters. The minimum atomic E-state index is -0.954. The number of aldehydes is 1. The van der Waals surface area contributed by atoms with E-state index in [0.717, 1.165) is 17.4 Å². The number of hydrogen-bond acceptors (Lipinski definition) is 5. The number of rotatable bonds is 7. The van der Waals surface area contributed by atoms with Crippen LogP contribution in [-0.2, 0) is 14.3 Å². The van der Waals surface area contributed by atoms with Gasteiger partial charge in [0, 0.05) is 12.0 Å². The van der Waals surface area contributed by atoms with Gasteiger partial charge in [-0.3, -0.25) is 4.79 Å². The van der Waals surface area contributed by atoms with Gasteiger partial charge < -0.3 is 19.7 Å². The van der Waals surface area contributed by atoms with E-state index in [9.17, 15) is 9.90 Å². The predicted molar refractivity (Wildman–Crippen MR) is 82.9 cm³/mol. The van der Waals surface area contributed by atoms with Gasteiger partial charge in [-0.05, 0) is 37.5 Å². The molecular weight excluding hydrogens is 284 g/mol. The van der Waals surface area contributed by atoms with Crippen molar-refractivity contribution in [2.75, 3.05) is 13.2 Å². The maximum absolute atomic E-state index is 11.1. The molecule has 22 heavy (non-hydrogen) atoms. The molecule has 1 fully saturated rings. The first-order valence-electron chi connectivity index (χ1n) is 7.32. The van der Waals surface area contributed by atoms with Crippen molar-refractivity contribution in [1.29, 1.82) is 0 Å². The molecule has 5 heteroatoms. The van der Waals surface area contributed by atoms with E-state index in [4.69, 9.17) is 21.0 Å². The Balaban J connectivity index is 2.81. The Morgan fingerprint density at radius 2 is 2.27 bits per heavy atom. The van der Waals surface area contributed by atoms with Crippen LogP contribution in [0.3, 0.4) is 0 Å². The number of aliphatic hydroxyl groups excluding tert-OH is 2. The summed E-state index contributed by atoms with van der Waals surface area (Å²) >= 11 is 0. The minimum Gasteiger partial charge on any atom is -0.394 e. The van der Waals surface area contributed by atoms with Gasteiger partial charge in [0.25, 0.3) is 0 Å². The van der Waals surface area contributed by atoms with Gasteiger partial charge in [0.1, 0.15) is 6.10 Å². The summed E-state index contributed by atoms with van der Waals surface area (Å²) in [4.78, 5) is 11.1. The number of hydrogen-bond donors (Lipinski definition) is 2. The van der Waals surface area contributed by atoms with Crippen molar-refractivity contribution in [2.45, 2.75) is 51.6 Å². The summed E-state index contributed by atoms with van der Waals surface area (Å²) in [6.45, 7) is 5.52. The van der Waals surface area contributed by atoms with Crippen molar-refractivity contribution in [3.63, 3.8) is 0 Å². The second kappa shape index (κ2) is 8.25. The predicted octanol–water partition coefficient (Wildman–Crippen LogP) is 1.35. The number of carbonyl (C=O) groups is 1. The van der Waals surface area contributed by atoms with Crippen LogP contribution in [0.4, 0.5) is 0 Å². The van der Waals surface area contributed by atoms with Crippen molar-refractivity contribution in [3.05, 3.63) is 22.8 Å². The monoisotopic (exact) mass is 308 g/mol. The van der Waals surface area contributed by atoms with E-state index in [2.05, 4.69) is 5.92 Å². The molecule has 5 nitrogen and oxygen atoms in total. The molecule has 0 unspecified atom stereocenters. The third kappa shape index (κ3) is 4.52. The zero-order valence-electron chi connectivity index (χ0n) is 13.3. The van der Waals surface area contributed by atoms with Crippen molar-refractivity contribution in [2.24, 2.45) is 0 Å². The molecule has 0 aromatic rings. The van der Waals surface area contributed by atoms with Crippen molar-refractivity contribution in [1.82, 2.24) is 0 Å². The molecule has 122 valence electrons. The van der Waals surface area contributed by atoms with Gasteiger partial charge in [-0.2, -0.15) is 0 Å². The highest BCUT2D eigenvalue weighted by molar-refractivity contribution is 5.81. The average Bonchev–Trinajstić information content (AvgIpc) is 2.79. The van der Waals surface area contributed by atoms with Crippen LogP contribution in [0.15, 0.2) is 22.8 Å². The molecule has 0 saturated carbocycles. The lowest BCUT2D eigenvalue weighted by molar-refractivity contribution is -0.214. The first-order chi connectivity index (χ1) is 10.4. The smallest absolute Gasteiger partial charge is 0.169 e. The molecule has 0 spiro atoms. The Labute approximate surface area is 131 Å². The van der Waals surface area contributed by atoms with Crippen LogP contribution < -0.4 is 0 Å². The zero-order valence-corrected chi connectivity index (χ0v) is 13.3. The van der Waals surface area contributed by atoms with E-state index in [-0.39, 0.29) is 19.6 Å². The molecule has 1 aliphatic rings. The van der Waals surface area contributed by atoms with Crippen LogP contribution >= 0.6 is 0 Å². The lowest BCUT2D eigenvalue weighted by Crippen LogP contribution is -2.30. The first-order valence-corrected chi connectivity index (χ1v) is 7.32. The third-order valence-corrected chi connectivity index (χ3v) is 3.77. The highest BCUT2D eigenvalue weighted by atomic mass is 16.7. The van der Waals surface area contributed by atoms with Crippen LogP contribution in [0.5, 0.6) is 0 Å². The lowest BCUT2D eigenvalue weighted by atomic mass is 9.99. The molecular formula is C17H24O5. The molecule has 0 aromatic carbocycles. The minimum absolute atomic E-state index is 0.250. The number of aliphatic hydroxyl groups is 2. The van der Waals surface area contributed by atoms with Crippen LogP contribution in [-0.4, -0.2) is 47.7 Å². The topological polar surface area (TPSA) is 76.0 Å². The largest absolute Gasteiger partial charge is 0.394 e. The second-order valence-electron chi connectivity index (χ2n) is 5.53. The van der Waals surface area contributed by atoms with Gasteiger partial charge in [-0.15, -0.1) is 6.42 Å². The van der Waals surface area contributed by atoms with Gasteiger partial charge in [-0.25, -0.2) is 0 Å². The van der Waals surface area contributed by atoms with Crippen LogP contribution in [0.2, 0.25) is 0 Å². The second-order valence-corrected chi connectivity index (χ2v) is 5.53. The van der Waals surface area contributed by atoms with Crippen molar-refractivity contribution in [3.8, 4) is 12.3 Å². The van der Waals surface area contributed by atoms with Crippen molar-refractivity contribution >= 4 is 6.29 Å². The molecule has 0 aliphatic carbocycles.